The summed E-state index contributed by atoms with van der Waals surface area (Å²) in [7, 11) is -2.36. The second kappa shape index (κ2) is 16.9. The number of halogens is 3. The first-order chi connectivity index (χ1) is 21.2. The van der Waals surface area contributed by atoms with Gasteiger partial charge in [-0.05, 0) is 27.8 Å². The van der Waals surface area contributed by atoms with E-state index in [0.29, 0.717) is 16.6 Å². The number of benzene rings is 2. The number of esters is 1. The van der Waals surface area contributed by atoms with Crippen molar-refractivity contribution in [1.29, 1.82) is 5.41 Å². The fraction of sp³-hybridized carbons (Fsp3) is 0.576. The molecule has 1 aliphatic heterocycles. The molecule has 8 nitrogen and oxygen atoms in total. The van der Waals surface area contributed by atoms with Crippen LogP contribution in [0.5, 0.6) is 0 Å². The zero-order chi connectivity index (χ0) is 33.4. The average molecular weight is 703 g/mol. The van der Waals surface area contributed by atoms with Crippen LogP contribution in [0.3, 0.4) is 0 Å². The quantitative estimate of drug-likeness (QED) is 0.0695. The molecule has 1 N–H and O–H groups in total. The fourth-order valence-corrected chi connectivity index (χ4v) is 11.8. The molecule has 0 bridgehead atoms. The Morgan fingerprint density at radius 3 is 1.69 bits per heavy atom. The van der Waals surface area contributed by atoms with Crippen LogP contribution in [0.1, 0.15) is 59.6 Å². The minimum absolute atomic E-state index is 0.152. The highest BCUT2D eigenvalue weighted by Crippen LogP contribution is 2.43. The Morgan fingerprint density at radius 2 is 1.27 bits per heavy atom. The zero-order valence-corrected chi connectivity index (χ0v) is 30.3. The smallest absolute Gasteiger partial charge is 0.303 e. The van der Waals surface area contributed by atoms with Gasteiger partial charge in [-0.2, -0.15) is 0 Å². The Balaban J connectivity index is 2.07. The Labute approximate surface area is 283 Å². The van der Waals surface area contributed by atoms with Crippen molar-refractivity contribution in [3.05, 3.63) is 71.8 Å². The van der Waals surface area contributed by atoms with E-state index in [2.05, 4.69) is 41.5 Å². The molecule has 1 heterocycles. The largest absolute Gasteiger partial charge is 0.453 e. The Kier molecular flexibility index (Phi) is 14.2. The van der Waals surface area contributed by atoms with Crippen molar-refractivity contribution in [1.82, 2.24) is 0 Å². The maximum absolute atomic E-state index is 12.4. The lowest BCUT2D eigenvalue weighted by atomic mass is 9.98. The normalized spacial score (nSPS) is 22.6. The molecule has 0 unspecified atom stereocenters. The SMILES string of the molecule is CC(=O)O[C@@H]1[C@@H](OC(=N)C(Cl)(Cl)Cl)O[C@H](CO[Si](C(C)C)(C(C)C)C(C)C)[C@@H](OCc2ccccc2)[C@@H]1OCc1ccccc1. The summed E-state index contributed by atoms with van der Waals surface area (Å²) in [5.74, 6) is -1.29. The number of nitrogens with one attached hydrogen (secondary N) is 1. The summed E-state index contributed by atoms with van der Waals surface area (Å²) in [5, 5.41) is 8.30. The van der Waals surface area contributed by atoms with Crippen molar-refractivity contribution < 1.29 is 32.9 Å². The van der Waals surface area contributed by atoms with Crippen molar-refractivity contribution in [2.24, 2.45) is 0 Å². The second-order valence-corrected chi connectivity index (χ2v) is 20.0. The maximum Gasteiger partial charge on any atom is 0.303 e. The van der Waals surface area contributed by atoms with Crippen LogP contribution in [0.2, 0.25) is 16.6 Å². The molecular formula is C33H46Cl3NO7Si. The average Bonchev–Trinajstić information content (AvgIpc) is 2.96. The van der Waals surface area contributed by atoms with Gasteiger partial charge in [-0.3, -0.25) is 10.2 Å². The monoisotopic (exact) mass is 701 g/mol. The van der Waals surface area contributed by atoms with Crippen molar-refractivity contribution in [3.8, 4) is 0 Å². The molecule has 1 fully saturated rings. The molecule has 1 saturated heterocycles. The number of carbonyl (C=O) groups excluding carboxylic acids is 1. The van der Waals surface area contributed by atoms with Gasteiger partial charge in [0, 0.05) is 6.92 Å². The third-order valence-corrected chi connectivity index (χ3v) is 14.8. The van der Waals surface area contributed by atoms with E-state index < -0.39 is 54.7 Å². The third kappa shape index (κ3) is 10.1. The van der Waals surface area contributed by atoms with Gasteiger partial charge in [0.25, 0.3) is 3.79 Å². The minimum Gasteiger partial charge on any atom is -0.453 e. The van der Waals surface area contributed by atoms with Gasteiger partial charge in [0.15, 0.2) is 14.4 Å². The van der Waals surface area contributed by atoms with Gasteiger partial charge in [-0.1, -0.05) is 137 Å². The van der Waals surface area contributed by atoms with Crippen LogP contribution < -0.4 is 0 Å². The molecule has 3 rings (SSSR count). The summed E-state index contributed by atoms with van der Waals surface area (Å²) < 4.78 is 35.9. The van der Waals surface area contributed by atoms with Crippen LogP contribution >= 0.6 is 34.8 Å². The van der Waals surface area contributed by atoms with E-state index in [9.17, 15) is 4.79 Å². The van der Waals surface area contributed by atoms with Gasteiger partial charge in [-0.25, -0.2) is 0 Å². The van der Waals surface area contributed by atoms with Gasteiger partial charge in [-0.15, -0.1) is 0 Å². The topological polar surface area (TPSA) is 96.3 Å². The first-order valence-corrected chi connectivity index (χ1v) is 18.5. The van der Waals surface area contributed by atoms with E-state index in [4.69, 9.17) is 68.3 Å². The Bertz CT molecular complexity index is 1190. The summed E-state index contributed by atoms with van der Waals surface area (Å²) in [6.07, 6.45) is -4.94. The molecule has 2 aromatic carbocycles. The minimum atomic E-state index is -2.36. The van der Waals surface area contributed by atoms with E-state index in [1.807, 2.05) is 60.7 Å². The van der Waals surface area contributed by atoms with Gasteiger partial charge >= 0.3 is 5.97 Å². The van der Waals surface area contributed by atoms with Gasteiger partial charge in [0.1, 0.15) is 18.3 Å². The van der Waals surface area contributed by atoms with Crippen LogP contribution in [-0.4, -0.2) is 61.3 Å². The lowest BCUT2D eigenvalue weighted by Gasteiger charge is -2.47. The molecule has 45 heavy (non-hydrogen) atoms. The summed E-state index contributed by atoms with van der Waals surface area (Å²) in [4.78, 5) is 12.4. The zero-order valence-electron chi connectivity index (χ0n) is 27.0. The van der Waals surface area contributed by atoms with Crippen molar-refractivity contribution in [2.45, 2.75) is 113 Å². The first-order valence-electron chi connectivity index (χ1n) is 15.3. The van der Waals surface area contributed by atoms with E-state index in [0.717, 1.165) is 11.1 Å². The molecule has 0 spiro atoms. The molecule has 12 heteroatoms. The maximum atomic E-state index is 12.4. The molecular weight excluding hydrogens is 657 g/mol. The molecule has 0 aliphatic carbocycles. The van der Waals surface area contributed by atoms with E-state index in [1.54, 1.807) is 0 Å². The highest BCUT2D eigenvalue weighted by molar-refractivity contribution is 6.77. The summed E-state index contributed by atoms with van der Waals surface area (Å²) in [6.45, 7) is 15.1. The van der Waals surface area contributed by atoms with Crippen LogP contribution in [0.25, 0.3) is 0 Å². The molecule has 0 aromatic heterocycles. The number of hydrogen-bond acceptors (Lipinski definition) is 8. The highest BCUT2D eigenvalue weighted by Gasteiger charge is 2.53. The Hall–Kier alpha value is -1.69. The number of alkyl halides is 3. The fourth-order valence-electron chi connectivity index (χ4n) is 6.26. The van der Waals surface area contributed by atoms with Crippen LogP contribution in [0, 0.1) is 5.41 Å². The number of carbonyl (C=O) groups is 1. The summed E-state index contributed by atoms with van der Waals surface area (Å²) in [6, 6.07) is 19.3. The van der Waals surface area contributed by atoms with E-state index in [1.165, 1.54) is 6.92 Å². The molecule has 0 radical (unpaired) electrons. The van der Waals surface area contributed by atoms with Crippen molar-refractivity contribution in [2.75, 3.05) is 6.61 Å². The third-order valence-electron chi connectivity index (χ3n) is 8.16. The predicted octanol–water partition coefficient (Wildman–Crippen LogP) is 8.37. The van der Waals surface area contributed by atoms with Crippen molar-refractivity contribution >= 4 is 55.0 Å². The summed E-state index contributed by atoms with van der Waals surface area (Å²) in [5.41, 5.74) is 2.78. The van der Waals surface area contributed by atoms with Crippen LogP contribution in [0.4, 0.5) is 0 Å². The molecule has 250 valence electrons. The Morgan fingerprint density at radius 1 is 0.800 bits per heavy atom. The first kappa shape index (κ1) is 37.8. The lowest BCUT2D eigenvalue weighted by Crippen LogP contribution is -2.63. The predicted molar refractivity (Wildman–Crippen MR) is 180 cm³/mol. The van der Waals surface area contributed by atoms with E-state index >= 15 is 0 Å². The molecule has 2 aromatic rings. The second-order valence-electron chi connectivity index (χ2n) is 12.2. The molecule has 1 aliphatic rings. The molecule has 5 atom stereocenters. The number of rotatable bonds is 14. The van der Waals surface area contributed by atoms with Gasteiger partial charge < -0.3 is 28.1 Å². The van der Waals surface area contributed by atoms with Gasteiger partial charge in [0.05, 0.1) is 19.8 Å². The van der Waals surface area contributed by atoms with Crippen LogP contribution in [0.15, 0.2) is 60.7 Å². The lowest BCUT2D eigenvalue weighted by molar-refractivity contribution is -0.303. The molecule has 0 amide bonds. The number of hydrogen-bond donors (Lipinski definition) is 1. The summed E-state index contributed by atoms with van der Waals surface area (Å²) >= 11 is 18.0. The van der Waals surface area contributed by atoms with Crippen molar-refractivity contribution in [3.63, 3.8) is 0 Å². The molecule has 0 saturated carbocycles. The van der Waals surface area contributed by atoms with E-state index in [-0.39, 0.29) is 19.8 Å². The van der Waals surface area contributed by atoms with Crippen LogP contribution in [-0.2, 0) is 46.1 Å². The number of ether oxygens (including phenoxy) is 5. The standard InChI is InChI=1S/C33H46Cl3NO7Si/c1-21(2)45(22(3)4,23(5)6)41-20-27-28(39-18-25-14-10-8-11-15-25)29(40-19-26-16-12-9-13-17-26)30(42-24(7)38)31(43-27)44-32(37)33(34,35)36/h8-17,21-23,27-31,37H,18-20H2,1-7H3/t27-,28-,29+,30+,31-/m1/s1. The van der Waals surface area contributed by atoms with Gasteiger partial charge in [0.2, 0.25) is 12.2 Å². The highest BCUT2D eigenvalue weighted by atomic mass is 35.6.